The Kier molecular flexibility index (Phi) is 6.45. The van der Waals surface area contributed by atoms with Gasteiger partial charge in [0, 0.05) is 10.9 Å². The van der Waals surface area contributed by atoms with E-state index in [9.17, 15) is 14.9 Å². The van der Waals surface area contributed by atoms with Crippen LogP contribution in [-0.2, 0) is 4.79 Å². The zero-order valence-electron chi connectivity index (χ0n) is 18.5. The standard InChI is InChI=1S/C23H30N4O2S2/c1-14-15(2)30-20-18(14)21(29)27(17-9-5-6-10-17)22(25-20)31-16(3)19(28)26-23(13-24)11-7-4-8-12-23/h16-17H,4-12H2,1-3H3,(H,26,28). The summed E-state index contributed by atoms with van der Waals surface area (Å²) in [4.78, 5) is 33.3. The van der Waals surface area contributed by atoms with E-state index in [1.54, 1.807) is 11.3 Å². The number of nitriles is 1. The zero-order valence-corrected chi connectivity index (χ0v) is 20.1. The lowest BCUT2D eigenvalue weighted by molar-refractivity contribution is -0.121. The number of nitrogens with one attached hydrogen (secondary N) is 1. The van der Waals surface area contributed by atoms with E-state index in [1.807, 2.05) is 25.3 Å². The number of nitrogens with zero attached hydrogens (tertiary/aromatic N) is 3. The van der Waals surface area contributed by atoms with Crippen LogP contribution in [0.1, 0.15) is 81.2 Å². The summed E-state index contributed by atoms with van der Waals surface area (Å²) >= 11 is 2.89. The summed E-state index contributed by atoms with van der Waals surface area (Å²) in [5, 5.41) is 13.6. The summed E-state index contributed by atoms with van der Waals surface area (Å²) in [6.45, 7) is 5.86. The highest BCUT2D eigenvalue weighted by molar-refractivity contribution is 8.00. The first-order valence-electron chi connectivity index (χ1n) is 11.3. The molecule has 2 aliphatic rings. The summed E-state index contributed by atoms with van der Waals surface area (Å²) in [7, 11) is 0. The number of thioether (sulfide) groups is 1. The smallest absolute Gasteiger partial charge is 0.263 e. The SMILES string of the molecule is Cc1sc2nc(SC(C)C(=O)NC3(C#N)CCCCC3)n(C3CCCC3)c(=O)c2c1C. The van der Waals surface area contributed by atoms with Crippen LogP contribution in [0.5, 0.6) is 0 Å². The number of aryl methyl sites for hydroxylation is 2. The monoisotopic (exact) mass is 458 g/mol. The third kappa shape index (κ3) is 4.27. The topological polar surface area (TPSA) is 87.8 Å². The van der Waals surface area contributed by atoms with Gasteiger partial charge in [0.1, 0.15) is 10.4 Å². The van der Waals surface area contributed by atoms with Crippen LogP contribution in [0.4, 0.5) is 0 Å². The van der Waals surface area contributed by atoms with E-state index in [4.69, 9.17) is 4.98 Å². The van der Waals surface area contributed by atoms with E-state index in [2.05, 4.69) is 11.4 Å². The molecule has 4 rings (SSSR count). The van der Waals surface area contributed by atoms with Gasteiger partial charge >= 0.3 is 0 Å². The van der Waals surface area contributed by atoms with Crippen molar-refractivity contribution in [3.63, 3.8) is 0 Å². The van der Waals surface area contributed by atoms with E-state index < -0.39 is 10.8 Å². The molecule has 31 heavy (non-hydrogen) atoms. The molecule has 2 saturated carbocycles. The molecule has 1 unspecified atom stereocenters. The molecule has 2 fully saturated rings. The third-order valence-electron chi connectivity index (χ3n) is 6.83. The maximum absolute atomic E-state index is 13.5. The Morgan fingerprint density at radius 3 is 2.58 bits per heavy atom. The predicted molar refractivity (Wildman–Crippen MR) is 126 cm³/mol. The van der Waals surface area contributed by atoms with E-state index in [1.165, 1.54) is 11.8 Å². The van der Waals surface area contributed by atoms with Gasteiger partial charge in [-0.3, -0.25) is 14.2 Å². The molecule has 8 heteroatoms. The van der Waals surface area contributed by atoms with Crippen molar-refractivity contribution in [2.24, 2.45) is 0 Å². The molecule has 2 aromatic heterocycles. The van der Waals surface area contributed by atoms with Gasteiger partial charge in [-0.25, -0.2) is 4.98 Å². The van der Waals surface area contributed by atoms with Gasteiger partial charge in [0.25, 0.3) is 5.56 Å². The number of carbonyl (C=O) groups excluding carboxylic acids is 1. The highest BCUT2D eigenvalue weighted by atomic mass is 32.2. The average Bonchev–Trinajstić information content (AvgIpc) is 3.37. The first-order valence-corrected chi connectivity index (χ1v) is 13.0. The second kappa shape index (κ2) is 8.95. The fraction of sp³-hybridized carbons (Fsp3) is 0.652. The number of carbonyl (C=O) groups is 1. The largest absolute Gasteiger partial charge is 0.337 e. The molecule has 0 spiro atoms. The first-order chi connectivity index (χ1) is 14.8. The van der Waals surface area contributed by atoms with Crippen LogP contribution >= 0.6 is 23.1 Å². The summed E-state index contributed by atoms with van der Waals surface area (Å²) < 4.78 is 1.85. The molecular formula is C23H30N4O2S2. The van der Waals surface area contributed by atoms with Crippen LogP contribution in [-0.4, -0.2) is 26.2 Å². The van der Waals surface area contributed by atoms with E-state index in [0.29, 0.717) is 18.0 Å². The minimum atomic E-state index is -0.755. The maximum Gasteiger partial charge on any atom is 0.263 e. The fourth-order valence-corrected chi connectivity index (χ4v) is 6.87. The van der Waals surface area contributed by atoms with Gasteiger partial charge in [-0.2, -0.15) is 5.26 Å². The van der Waals surface area contributed by atoms with Gasteiger partial charge in [0.05, 0.1) is 16.7 Å². The Bertz CT molecular complexity index is 1090. The Hall–Kier alpha value is -1.85. The summed E-state index contributed by atoms with van der Waals surface area (Å²) in [5.74, 6) is -0.153. The van der Waals surface area contributed by atoms with Crippen LogP contribution in [0.3, 0.4) is 0 Å². The van der Waals surface area contributed by atoms with Gasteiger partial charge in [0.2, 0.25) is 5.91 Å². The minimum absolute atomic E-state index is 0.0228. The predicted octanol–water partition coefficient (Wildman–Crippen LogP) is 5.01. The minimum Gasteiger partial charge on any atom is -0.337 e. The first kappa shape index (κ1) is 22.3. The fourth-order valence-electron chi connectivity index (χ4n) is 4.82. The average molecular weight is 459 g/mol. The van der Waals surface area contributed by atoms with Gasteiger partial charge < -0.3 is 5.32 Å². The van der Waals surface area contributed by atoms with E-state index in [-0.39, 0.29) is 17.5 Å². The van der Waals surface area contributed by atoms with Gasteiger partial charge in [-0.1, -0.05) is 43.9 Å². The lowest BCUT2D eigenvalue weighted by Gasteiger charge is -2.32. The van der Waals surface area contributed by atoms with Gasteiger partial charge in [-0.15, -0.1) is 11.3 Å². The Morgan fingerprint density at radius 1 is 1.26 bits per heavy atom. The molecule has 2 heterocycles. The Labute approximate surface area is 191 Å². The van der Waals surface area contributed by atoms with Crippen LogP contribution in [0.15, 0.2) is 9.95 Å². The molecule has 2 aromatic rings. The van der Waals surface area contributed by atoms with Crippen LogP contribution in [0.2, 0.25) is 0 Å². The van der Waals surface area contributed by atoms with Crippen LogP contribution in [0.25, 0.3) is 10.2 Å². The molecule has 6 nitrogen and oxygen atoms in total. The van der Waals surface area contributed by atoms with Crippen molar-refractivity contribution >= 4 is 39.2 Å². The molecule has 0 radical (unpaired) electrons. The van der Waals surface area contributed by atoms with E-state index >= 15 is 0 Å². The molecule has 0 bridgehead atoms. The number of rotatable bonds is 5. The van der Waals surface area contributed by atoms with Crippen molar-refractivity contribution in [1.29, 1.82) is 5.26 Å². The molecule has 0 saturated heterocycles. The van der Waals surface area contributed by atoms with Crippen molar-refractivity contribution < 1.29 is 4.79 Å². The number of amides is 1. The summed E-state index contributed by atoms with van der Waals surface area (Å²) in [6.07, 6.45) is 8.62. The Balaban J connectivity index is 1.65. The number of aromatic nitrogens is 2. The number of fused-ring (bicyclic) bond motifs is 1. The molecule has 2 aliphatic carbocycles. The maximum atomic E-state index is 13.5. The lowest BCUT2D eigenvalue weighted by atomic mass is 9.83. The third-order valence-corrected chi connectivity index (χ3v) is 9.00. The Morgan fingerprint density at radius 2 is 1.94 bits per heavy atom. The van der Waals surface area contributed by atoms with Crippen molar-refractivity contribution in [2.75, 3.05) is 0 Å². The number of hydrogen-bond acceptors (Lipinski definition) is 6. The lowest BCUT2D eigenvalue weighted by Crippen LogP contribution is -2.51. The van der Waals surface area contributed by atoms with E-state index in [0.717, 1.165) is 65.6 Å². The molecule has 166 valence electrons. The molecule has 1 amide bonds. The highest BCUT2D eigenvalue weighted by Crippen LogP contribution is 2.36. The summed E-state index contributed by atoms with van der Waals surface area (Å²) in [6, 6.07) is 2.50. The van der Waals surface area contributed by atoms with Crippen LogP contribution in [0, 0.1) is 25.2 Å². The molecule has 0 aliphatic heterocycles. The molecule has 0 aromatic carbocycles. The second-order valence-corrected chi connectivity index (χ2v) is 11.5. The van der Waals surface area contributed by atoms with Gasteiger partial charge in [0.15, 0.2) is 5.16 Å². The normalized spacial score (nSPS) is 19.9. The highest BCUT2D eigenvalue weighted by Gasteiger charge is 2.35. The summed E-state index contributed by atoms with van der Waals surface area (Å²) in [5.41, 5.74) is 0.281. The molecule has 1 atom stereocenters. The number of hydrogen-bond donors (Lipinski definition) is 1. The van der Waals surface area contributed by atoms with Crippen molar-refractivity contribution in [2.45, 2.75) is 101 Å². The van der Waals surface area contributed by atoms with Crippen LogP contribution < -0.4 is 10.9 Å². The second-order valence-electron chi connectivity index (χ2n) is 8.98. The quantitative estimate of drug-likeness (QED) is 0.502. The zero-order chi connectivity index (χ0) is 22.2. The molecule has 1 N–H and O–H groups in total. The molecular weight excluding hydrogens is 428 g/mol. The van der Waals surface area contributed by atoms with Crippen molar-refractivity contribution in [3.8, 4) is 6.07 Å². The van der Waals surface area contributed by atoms with Crippen molar-refractivity contribution in [3.05, 3.63) is 20.8 Å². The number of thiophene rings is 1. The van der Waals surface area contributed by atoms with Crippen molar-refractivity contribution in [1.82, 2.24) is 14.9 Å². The van der Waals surface area contributed by atoms with Gasteiger partial charge in [-0.05, 0) is 52.0 Å².